The van der Waals surface area contributed by atoms with Gasteiger partial charge in [0, 0.05) is 20.2 Å². The van der Waals surface area contributed by atoms with Crippen LogP contribution in [0, 0.1) is 0 Å². The van der Waals surface area contributed by atoms with Gasteiger partial charge in [-0.3, -0.25) is 0 Å². The van der Waals surface area contributed by atoms with Crippen molar-refractivity contribution in [2.75, 3.05) is 47.1 Å². The first-order chi connectivity index (χ1) is 8.86. The maximum atomic E-state index is 5.54. The Hall–Kier alpha value is -1.10. The molecule has 0 heterocycles. The number of hydrogen-bond donors (Lipinski definition) is 1. The largest absolute Gasteiger partial charge is 0.497 e. The summed E-state index contributed by atoms with van der Waals surface area (Å²) in [5.41, 5.74) is 1.27. The summed E-state index contributed by atoms with van der Waals surface area (Å²) in [7, 11) is 3.38. The van der Waals surface area contributed by atoms with Crippen LogP contribution in [-0.2, 0) is 15.9 Å². The van der Waals surface area contributed by atoms with E-state index in [1.54, 1.807) is 14.2 Å². The third kappa shape index (κ3) is 6.59. The van der Waals surface area contributed by atoms with Crippen molar-refractivity contribution >= 4 is 0 Å². The van der Waals surface area contributed by atoms with Crippen molar-refractivity contribution in [3.05, 3.63) is 29.8 Å². The molecule has 0 atom stereocenters. The molecule has 0 aliphatic carbocycles. The van der Waals surface area contributed by atoms with Gasteiger partial charge in [0.15, 0.2) is 0 Å². The minimum absolute atomic E-state index is 0.736. The Morgan fingerprint density at radius 3 is 2.33 bits per heavy atom. The molecule has 0 aliphatic heterocycles. The SMILES string of the molecule is COCCNCCOCCc1ccc(OC)cc1. The van der Waals surface area contributed by atoms with Crippen LogP contribution in [0.2, 0.25) is 0 Å². The molecule has 0 fully saturated rings. The molecule has 0 unspecified atom stereocenters. The van der Waals surface area contributed by atoms with Gasteiger partial charge in [0.2, 0.25) is 0 Å². The van der Waals surface area contributed by atoms with E-state index >= 15 is 0 Å². The molecule has 1 aromatic rings. The number of rotatable bonds is 10. The zero-order chi connectivity index (χ0) is 13.1. The second-order valence-electron chi connectivity index (χ2n) is 3.95. The first-order valence-corrected chi connectivity index (χ1v) is 6.27. The highest BCUT2D eigenvalue weighted by molar-refractivity contribution is 5.27. The fourth-order valence-electron chi connectivity index (χ4n) is 1.53. The molecule has 4 nitrogen and oxygen atoms in total. The highest BCUT2D eigenvalue weighted by Crippen LogP contribution is 2.11. The Balaban J connectivity index is 2.00. The van der Waals surface area contributed by atoms with Crippen LogP contribution in [-0.4, -0.2) is 47.1 Å². The van der Waals surface area contributed by atoms with Gasteiger partial charge in [-0.25, -0.2) is 0 Å². The highest BCUT2D eigenvalue weighted by atomic mass is 16.5. The van der Waals surface area contributed by atoms with Gasteiger partial charge in [0.1, 0.15) is 5.75 Å². The molecule has 102 valence electrons. The minimum atomic E-state index is 0.736. The Bertz CT molecular complexity index is 300. The maximum absolute atomic E-state index is 5.54. The molecule has 0 spiro atoms. The van der Waals surface area contributed by atoms with Gasteiger partial charge in [-0.2, -0.15) is 0 Å². The number of benzene rings is 1. The van der Waals surface area contributed by atoms with Crippen molar-refractivity contribution in [1.29, 1.82) is 0 Å². The lowest BCUT2D eigenvalue weighted by Gasteiger charge is -2.06. The summed E-state index contributed by atoms with van der Waals surface area (Å²) in [5, 5.41) is 3.23. The summed E-state index contributed by atoms with van der Waals surface area (Å²) in [6, 6.07) is 8.08. The summed E-state index contributed by atoms with van der Waals surface area (Å²) in [4.78, 5) is 0. The van der Waals surface area contributed by atoms with Crippen LogP contribution >= 0.6 is 0 Å². The van der Waals surface area contributed by atoms with E-state index in [4.69, 9.17) is 14.2 Å². The Labute approximate surface area is 109 Å². The van der Waals surface area contributed by atoms with Gasteiger partial charge in [-0.05, 0) is 24.1 Å². The molecule has 0 saturated heterocycles. The first-order valence-electron chi connectivity index (χ1n) is 6.27. The van der Waals surface area contributed by atoms with Gasteiger partial charge in [0.05, 0.1) is 26.9 Å². The van der Waals surface area contributed by atoms with E-state index in [1.165, 1.54) is 5.56 Å². The fraction of sp³-hybridized carbons (Fsp3) is 0.571. The molecule has 1 N–H and O–H groups in total. The molecular formula is C14H23NO3. The molecule has 0 saturated carbocycles. The summed E-state index contributed by atoms with van der Waals surface area (Å²) >= 11 is 0. The standard InChI is InChI=1S/C14H23NO3/c1-16-11-8-15-9-12-18-10-7-13-3-5-14(17-2)6-4-13/h3-6,15H,7-12H2,1-2H3. The number of ether oxygens (including phenoxy) is 3. The zero-order valence-electron chi connectivity index (χ0n) is 11.3. The zero-order valence-corrected chi connectivity index (χ0v) is 11.3. The lowest BCUT2D eigenvalue weighted by atomic mass is 10.1. The first kappa shape index (κ1) is 15.0. The van der Waals surface area contributed by atoms with E-state index in [1.807, 2.05) is 12.1 Å². The smallest absolute Gasteiger partial charge is 0.118 e. The van der Waals surface area contributed by atoms with Gasteiger partial charge in [-0.1, -0.05) is 12.1 Å². The Morgan fingerprint density at radius 1 is 0.944 bits per heavy atom. The quantitative estimate of drug-likeness (QED) is 0.641. The van der Waals surface area contributed by atoms with Crippen molar-refractivity contribution in [1.82, 2.24) is 5.32 Å². The van der Waals surface area contributed by atoms with Crippen LogP contribution in [0.15, 0.2) is 24.3 Å². The van der Waals surface area contributed by atoms with E-state index in [2.05, 4.69) is 17.4 Å². The summed E-state index contributed by atoms with van der Waals surface area (Å²) < 4.78 is 15.6. The van der Waals surface area contributed by atoms with Crippen LogP contribution in [0.4, 0.5) is 0 Å². The average molecular weight is 253 g/mol. The second-order valence-corrected chi connectivity index (χ2v) is 3.95. The second kappa shape index (κ2) is 9.88. The molecule has 0 aliphatic rings. The van der Waals surface area contributed by atoms with Crippen molar-refractivity contribution in [2.45, 2.75) is 6.42 Å². The third-order valence-corrected chi connectivity index (χ3v) is 2.60. The van der Waals surface area contributed by atoms with Crippen LogP contribution in [0.25, 0.3) is 0 Å². The highest BCUT2D eigenvalue weighted by Gasteiger charge is 1.95. The van der Waals surface area contributed by atoms with Gasteiger partial charge in [-0.15, -0.1) is 0 Å². The van der Waals surface area contributed by atoms with Crippen molar-refractivity contribution in [3.63, 3.8) is 0 Å². The molecule has 4 heteroatoms. The van der Waals surface area contributed by atoms with Crippen LogP contribution in [0.1, 0.15) is 5.56 Å². The van der Waals surface area contributed by atoms with E-state index in [0.717, 1.165) is 45.1 Å². The van der Waals surface area contributed by atoms with E-state index in [-0.39, 0.29) is 0 Å². The Morgan fingerprint density at radius 2 is 1.67 bits per heavy atom. The van der Waals surface area contributed by atoms with Crippen molar-refractivity contribution < 1.29 is 14.2 Å². The Kier molecular flexibility index (Phi) is 8.21. The third-order valence-electron chi connectivity index (χ3n) is 2.60. The van der Waals surface area contributed by atoms with E-state index in [0.29, 0.717) is 0 Å². The summed E-state index contributed by atoms with van der Waals surface area (Å²) in [5.74, 6) is 0.891. The van der Waals surface area contributed by atoms with Crippen molar-refractivity contribution in [2.24, 2.45) is 0 Å². The monoisotopic (exact) mass is 253 g/mol. The fourth-order valence-corrected chi connectivity index (χ4v) is 1.53. The van der Waals surface area contributed by atoms with Crippen molar-refractivity contribution in [3.8, 4) is 5.75 Å². The van der Waals surface area contributed by atoms with Crippen LogP contribution < -0.4 is 10.1 Å². The van der Waals surface area contributed by atoms with Gasteiger partial charge < -0.3 is 19.5 Å². The van der Waals surface area contributed by atoms with Crippen LogP contribution in [0.3, 0.4) is 0 Å². The predicted octanol–water partition coefficient (Wildman–Crippen LogP) is 1.49. The van der Waals surface area contributed by atoms with Gasteiger partial charge in [0.25, 0.3) is 0 Å². The topological polar surface area (TPSA) is 39.7 Å². The van der Waals surface area contributed by atoms with Crippen LogP contribution in [0.5, 0.6) is 5.75 Å². The lowest BCUT2D eigenvalue weighted by molar-refractivity contribution is 0.135. The molecule has 0 bridgehead atoms. The number of nitrogens with one attached hydrogen (secondary N) is 1. The molecule has 0 amide bonds. The maximum Gasteiger partial charge on any atom is 0.118 e. The molecule has 1 aromatic carbocycles. The summed E-state index contributed by atoms with van der Waals surface area (Å²) in [6.45, 7) is 3.97. The number of hydrogen-bond acceptors (Lipinski definition) is 4. The molecule has 1 rings (SSSR count). The molecular weight excluding hydrogens is 230 g/mol. The number of methoxy groups -OCH3 is 2. The normalized spacial score (nSPS) is 10.6. The summed E-state index contributed by atoms with van der Waals surface area (Å²) in [6.07, 6.45) is 0.933. The average Bonchev–Trinajstić information content (AvgIpc) is 2.42. The van der Waals surface area contributed by atoms with E-state index < -0.39 is 0 Å². The predicted molar refractivity (Wildman–Crippen MR) is 72.3 cm³/mol. The van der Waals surface area contributed by atoms with Gasteiger partial charge >= 0.3 is 0 Å². The molecule has 18 heavy (non-hydrogen) atoms. The minimum Gasteiger partial charge on any atom is -0.497 e. The molecule has 0 radical (unpaired) electrons. The molecule has 0 aromatic heterocycles. The lowest BCUT2D eigenvalue weighted by Crippen LogP contribution is -2.23. The van der Waals surface area contributed by atoms with E-state index in [9.17, 15) is 0 Å².